The van der Waals surface area contributed by atoms with E-state index in [1.54, 1.807) is 0 Å². The van der Waals surface area contributed by atoms with Crippen LogP contribution in [0.1, 0.15) is 27.2 Å². The SMILES string of the molecule is CC1CC(C)C(C)N(CC2CNC2)C1. The summed E-state index contributed by atoms with van der Waals surface area (Å²) in [7, 11) is 0. The molecule has 82 valence electrons. The van der Waals surface area contributed by atoms with Gasteiger partial charge in [-0.25, -0.2) is 0 Å². The van der Waals surface area contributed by atoms with Gasteiger partial charge in [-0.1, -0.05) is 13.8 Å². The second-order valence-corrected chi connectivity index (χ2v) is 5.54. The summed E-state index contributed by atoms with van der Waals surface area (Å²) in [5.74, 6) is 2.70. The van der Waals surface area contributed by atoms with E-state index in [0.29, 0.717) is 0 Å². The molecule has 0 bridgehead atoms. The molecule has 14 heavy (non-hydrogen) atoms. The summed E-state index contributed by atoms with van der Waals surface area (Å²) in [5.41, 5.74) is 0. The minimum absolute atomic E-state index is 0.798. The fourth-order valence-electron chi connectivity index (χ4n) is 2.88. The fourth-order valence-corrected chi connectivity index (χ4v) is 2.88. The Morgan fingerprint density at radius 3 is 2.50 bits per heavy atom. The summed E-state index contributed by atoms with van der Waals surface area (Å²) >= 11 is 0. The van der Waals surface area contributed by atoms with Crippen LogP contribution in [-0.2, 0) is 0 Å². The van der Waals surface area contributed by atoms with Crippen molar-refractivity contribution >= 4 is 0 Å². The van der Waals surface area contributed by atoms with Crippen LogP contribution >= 0.6 is 0 Å². The van der Waals surface area contributed by atoms with Gasteiger partial charge in [0.25, 0.3) is 0 Å². The number of rotatable bonds is 2. The maximum atomic E-state index is 3.36. The van der Waals surface area contributed by atoms with Gasteiger partial charge in [0.05, 0.1) is 0 Å². The number of hydrogen-bond acceptors (Lipinski definition) is 2. The summed E-state index contributed by atoms with van der Waals surface area (Å²) in [6.07, 6.45) is 1.42. The molecule has 2 fully saturated rings. The van der Waals surface area contributed by atoms with E-state index in [1.165, 1.54) is 32.6 Å². The molecule has 2 heteroatoms. The molecule has 0 radical (unpaired) electrons. The normalized spacial score (nSPS) is 40.9. The Kier molecular flexibility index (Phi) is 3.13. The summed E-state index contributed by atoms with van der Waals surface area (Å²) in [6, 6.07) is 0.798. The third-order valence-corrected chi connectivity index (χ3v) is 4.08. The molecule has 3 unspecified atom stereocenters. The van der Waals surface area contributed by atoms with E-state index >= 15 is 0 Å². The van der Waals surface area contributed by atoms with Crippen molar-refractivity contribution in [1.29, 1.82) is 0 Å². The van der Waals surface area contributed by atoms with Crippen LogP contribution in [0.4, 0.5) is 0 Å². The lowest BCUT2D eigenvalue weighted by Crippen LogP contribution is -2.53. The molecule has 3 atom stereocenters. The molecule has 0 spiro atoms. The highest BCUT2D eigenvalue weighted by Gasteiger charge is 2.31. The fraction of sp³-hybridized carbons (Fsp3) is 1.00. The number of nitrogens with one attached hydrogen (secondary N) is 1. The Bertz CT molecular complexity index is 189. The van der Waals surface area contributed by atoms with E-state index in [9.17, 15) is 0 Å². The minimum Gasteiger partial charge on any atom is -0.316 e. The predicted octanol–water partition coefficient (Wildman–Crippen LogP) is 1.57. The maximum absolute atomic E-state index is 3.36. The molecule has 2 rings (SSSR count). The van der Waals surface area contributed by atoms with Gasteiger partial charge in [0, 0.05) is 32.2 Å². The standard InChI is InChI=1S/C12H24N2/c1-9-4-10(2)11(3)14(7-9)8-12-5-13-6-12/h9-13H,4-8H2,1-3H3. The largest absolute Gasteiger partial charge is 0.316 e. The van der Waals surface area contributed by atoms with E-state index in [0.717, 1.165) is 23.8 Å². The Morgan fingerprint density at radius 1 is 1.21 bits per heavy atom. The van der Waals surface area contributed by atoms with Crippen molar-refractivity contribution in [2.24, 2.45) is 17.8 Å². The van der Waals surface area contributed by atoms with Gasteiger partial charge in [0.1, 0.15) is 0 Å². The highest BCUT2D eigenvalue weighted by atomic mass is 15.2. The van der Waals surface area contributed by atoms with Gasteiger partial charge >= 0.3 is 0 Å². The zero-order valence-electron chi connectivity index (χ0n) is 9.79. The van der Waals surface area contributed by atoms with E-state index in [2.05, 4.69) is 31.0 Å². The lowest BCUT2D eigenvalue weighted by molar-refractivity contribution is 0.0558. The van der Waals surface area contributed by atoms with Crippen LogP contribution in [0.5, 0.6) is 0 Å². The second kappa shape index (κ2) is 4.19. The zero-order valence-corrected chi connectivity index (χ0v) is 9.79. The molecule has 1 N–H and O–H groups in total. The van der Waals surface area contributed by atoms with Crippen molar-refractivity contribution < 1.29 is 0 Å². The molecule has 0 aromatic heterocycles. The van der Waals surface area contributed by atoms with Gasteiger partial charge in [-0.3, -0.25) is 4.90 Å². The minimum atomic E-state index is 0.798. The van der Waals surface area contributed by atoms with Gasteiger partial charge < -0.3 is 5.32 Å². The first-order valence-electron chi connectivity index (χ1n) is 6.11. The first-order valence-corrected chi connectivity index (χ1v) is 6.11. The first kappa shape index (κ1) is 10.4. The third-order valence-electron chi connectivity index (χ3n) is 4.08. The average molecular weight is 196 g/mol. The number of nitrogens with zero attached hydrogens (tertiary/aromatic N) is 1. The van der Waals surface area contributed by atoms with Gasteiger partial charge in [-0.05, 0) is 31.1 Å². The van der Waals surface area contributed by atoms with Crippen molar-refractivity contribution in [3.63, 3.8) is 0 Å². The zero-order chi connectivity index (χ0) is 10.1. The van der Waals surface area contributed by atoms with Gasteiger partial charge in [-0.2, -0.15) is 0 Å². The van der Waals surface area contributed by atoms with Crippen molar-refractivity contribution in [2.75, 3.05) is 26.2 Å². The molecule has 2 saturated heterocycles. The van der Waals surface area contributed by atoms with E-state index in [4.69, 9.17) is 0 Å². The molecular formula is C12H24N2. The molecular weight excluding hydrogens is 172 g/mol. The first-order chi connectivity index (χ1) is 6.66. The molecule has 2 nitrogen and oxygen atoms in total. The van der Waals surface area contributed by atoms with Crippen LogP contribution in [0.25, 0.3) is 0 Å². The number of piperidine rings is 1. The molecule has 0 aliphatic carbocycles. The third kappa shape index (κ3) is 2.12. The van der Waals surface area contributed by atoms with Gasteiger partial charge in [0.15, 0.2) is 0 Å². The van der Waals surface area contributed by atoms with Crippen LogP contribution in [0.2, 0.25) is 0 Å². The van der Waals surface area contributed by atoms with Gasteiger partial charge in [0.2, 0.25) is 0 Å². The van der Waals surface area contributed by atoms with Crippen LogP contribution in [0, 0.1) is 17.8 Å². The van der Waals surface area contributed by atoms with Crippen LogP contribution in [0.15, 0.2) is 0 Å². The lowest BCUT2D eigenvalue weighted by atomic mass is 9.85. The summed E-state index contributed by atoms with van der Waals surface area (Å²) in [5, 5.41) is 3.36. The number of likely N-dealkylation sites (tertiary alicyclic amines) is 1. The Balaban J connectivity index is 1.87. The highest BCUT2D eigenvalue weighted by Crippen LogP contribution is 2.27. The van der Waals surface area contributed by atoms with Crippen LogP contribution < -0.4 is 5.32 Å². The smallest absolute Gasteiger partial charge is 0.00929 e. The quantitative estimate of drug-likeness (QED) is 0.721. The van der Waals surface area contributed by atoms with Gasteiger partial charge in [-0.15, -0.1) is 0 Å². The van der Waals surface area contributed by atoms with E-state index < -0.39 is 0 Å². The molecule has 2 aliphatic heterocycles. The van der Waals surface area contributed by atoms with Crippen molar-refractivity contribution in [3.8, 4) is 0 Å². The van der Waals surface area contributed by atoms with Crippen molar-refractivity contribution in [1.82, 2.24) is 10.2 Å². The molecule has 0 saturated carbocycles. The highest BCUT2D eigenvalue weighted by molar-refractivity contribution is 4.86. The summed E-state index contributed by atoms with van der Waals surface area (Å²) < 4.78 is 0. The topological polar surface area (TPSA) is 15.3 Å². The van der Waals surface area contributed by atoms with Crippen LogP contribution in [-0.4, -0.2) is 37.1 Å². The second-order valence-electron chi connectivity index (χ2n) is 5.54. The predicted molar refractivity (Wildman–Crippen MR) is 60.3 cm³/mol. The Labute approximate surface area is 88.1 Å². The Hall–Kier alpha value is -0.0800. The van der Waals surface area contributed by atoms with E-state index in [1.807, 2.05) is 0 Å². The summed E-state index contributed by atoms with van der Waals surface area (Å²) in [6.45, 7) is 12.3. The number of hydrogen-bond donors (Lipinski definition) is 1. The van der Waals surface area contributed by atoms with Crippen molar-refractivity contribution in [2.45, 2.75) is 33.2 Å². The average Bonchev–Trinajstić information content (AvgIpc) is 2.05. The Morgan fingerprint density at radius 2 is 1.93 bits per heavy atom. The lowest BCUT2D eigenvalue weighted by Gasteiger charge is -2.44. The monoisotopic (exact) mass is 196 g/mol. The molecule has 0 aromatic rings. The molecule has 0 amide bonds. The van der Waals surface area contributed by atoms with E-state index in [-0.39, 0.29) is 0 Å². The molecule has 0 aromatic carbocycles. The van der Waals surface area contributed by atoms with Crippen molar-refractivity contribution in [3.05, 3.63) is 0 Å². The molecule has 2 heterocycles. The summed E-state index contributed by atoms with van der Waals surface area (Å²) in [4.78, 5) is 2.71. The van der Waals surface area contributed by atoms with Crippen LogP contribution in [0.3, 0.4) is 0 Å². The maximum Gasteiger partial charge on any atom is 0.00929 e. The molecule has 2 aliphatic rings.